The van der Waals surface area contributed by atoms with E-state index >= 15 is 0 Å². The predicted octanol–water partition coefficient (Wildman–Crippen LogP) is 0.554. The highest BCUT2D eigenvalue weighted by molar-refractivity contribution is 6.00. The summed E-state index contributed by atoms with van der Waals surface area (Å²) in [5.74, 6) is 0.300. The number of hydrogen-bond donors (Lipinski definition) is 1. The molecular weight excluding hydrogens is 258 g/mol. The van der Waals surface area contributed by atoms with Crippen LogP contribution in [0.3, 0.4) is 0 Å². The fourth-order valence-electron chi connectivity index (χ4n) is 2.33. The van der Waals surface area contributed by atoms with E-state index in [0.29, 0.717) is 5.69 Å². The Morgan fingerprint density at radius 2 is 2.15 bits per heavy atom. The summed E-state index contributed by atoms with van der Waals surface area (Å²) in [5, 5.41) is 2.86. The third-order valence-electron chi connectivity index (χ3n) is 3.55. The number of carbonyl (C=O) groups excluding carboxylic acids is 2. The van der Waals surface area contributed by atoms with Gasteiger partial charge in [-0.2, -0.15) is 0 Å². The Morgan fingerprint density at radius 3 is 2.80 bits per heavy atom. The zero-order valence-corrected chi connectivity index (χ0v) is 12.2. The lowest BCUT2D eigenvalue weighted by Gasteiger charge is -2.30. The van der Waals surface area contributed by atoms with Crippen molar-refractivity contribution in [1.29, 1.82) is 0 Å². The van der Waals surface area contributed by atoms with Crippen LogP contribution in [0, 0.1) is 13.8 Å². The molecule has 108 valence electrons. The van der Waals surface area contributed by atoms with E-state index in [1.807, 2.05) is 13.8 Å². The minimum Gasteiger partial charge on any atom is -0.496 e. The Balaban J connectivity index is 2.29. The number of imide groups is 1. The Kier molecular flexibility index (Phi) is 4.04. The van der Waals surface area contributed by atoms with Crippen LogP contribution in [0.2, 0.25) is 0 Å². The number of hydrogen-bond acceptors (Lipinski definition) is 5. The lowest BCUT2D eigenvalue weighted by molar-refractivity contribution is -0.149. The average Bonchev–Trinajstić information content (AvgIpc) is 2.42. The van der Waals surface area contributed by atoms with Gasteiger partial charge in [-0.05, 0) is 20.8 Å². The lowest BCUT2D eigenvalue weighted by Crippen LogP contribution is -2.56. The lowest BCUT2D eigenvalue weighted by atomic mass is 10.1. The Labute approximate surface area is 118 Å². The summed E-state index contributed by atoms with van der Waals surface area (Å²) in [7, 11) is 1.60. The summed E-state index contributed by atoms with van der Waals surface area (Å²) < 4.78 is 5.34. The summed E-state index contributed by atoms with van der Waals surface area (Å²) in [6, 6.07) is -0.347. The zero-order chi connectivity index (χ0) is 14.9. The van der Waals surface area contributed by atoms with Crippen molar-refractivity contribution in [2.75, 3.05) is 13.7 Å². The molecular formula is C14H19N3O3. The first-order chi connectivity index (χ1) is 9.45. The van der Waals surface area contributed by atoms with E-state index in [4.69, 9.17) is 4.74 Å². The van der Waals surface area contributed by atoms with E-state index in [9.17, 15) is 9.59 Å². The molecule has 1 aliphatic heterocycles. The molecule has 6 nitrogen and oxygen atoms in total. The van der Waals surface area contributed by atoms with Crippen molar-refractivity contribution in [2.45, 2.75) is 33.4 Å². The molecule has 1 atom stereocenters. The molecule has 0 aliphatic carbocycles. The van der Waals surface area contributed by atoms with Crippen LogP contribution in [0.25, 0.3) is 0 Å². The number of aryl methyl sites for hydroxylation is 1. The number of methoxy groups -OCH3 is 1. The molecule has 1 aromatic rings. The molecule has 0 radical (unpaired) electrons. The normalized spacial score (nSPS) is 19.4. The molecule has 2 heterocycles. The second-order valence-electron chi connectivity index (χ2n) is 4.97. The number of pyridine rings is 1. The van der Waals surface area contributed by atoms with Crippen LogP contribution >= 0.6 is 0 Å². The molecule has 20 heavy (non-hydrogen) atoms. The summed E-state index contributed by atoms with van der Waals surface area (Å²) >= 11 is 0. The SMILES string of the molecule is COc1c(C)cnc(CN2C(=O)CNC(C)C2=O)c1C. The molecule has 0 spiro atoms. The second kappa shape index (κ2) is 5.58. The van der Waals surface area contributed by atoms with Gasteiger partial charge in [-0.25, -0.2) is 0 Å². The maximum absolute atomic E-state index is 12.1. The quantitative estimate of drug-likeness (QED) is 0.817. The molecule has 1 aromatic heterocycles. The first-order valence-corrected chi connectivity index (χ1v) is 6.52. The molecule has 2 amide bonds. The van der Waals surface area contributed by atoms with E-state index in [-0.39, 0.29) is 30.9 Å². The third-order valence-corrected chi connectivity index (χ3v) is 3.55. The molecule has 0 bridgehead atoms. The minimum absolute atomic E-state index is 0.176. The monoisotopic (exact) mass is 277 g/mol. The molecule has 1 saturated heterocycles. The van der Waals surface area contributed by atoms with Crippen molar-refractivity contribution in [3.8, 4) is 5.75 Å². The first kappa shape index (κ1) is 14.5. The number of ether oxygens (including phenoxy) is 1. The van der Waals surface area contributed by atoms with Gasteiger partial charge in [0.1, 0.15) is 5.75 Å². The standard InChI is InChI=1S/C14H19N3O3/c1-8-5-16-11(9(2)13(8)20-4)7-17-12(18)6-15-10(3)14(17)19/h5,10,15H,6-7H2,1-4H3. The maximum Gasteiger partial charge on any atom is 0.246 e. The van der Waals surface area contributed by atoms with Crippen molar-refractivity contribution in [3.05, 3.63) is 23.0 Å². The van der Waals surface area contributed by atoms with Gasteiger partial charge in [0.25, 0.3) is 0 Å². The molecule has 1 N–H and O–H groups in total. The van der Waals surface area contributed by atoms with Gasteiger partial charge in [-0.3, -0.25) is 24.8 Å². The van der Waals surface area contributed by atoms with Gasteiger partial charge < -0.3 is 4.74 Å². The van der Waals surface area contributed by atoms with Crippen LogP contribution in [0.15, 0.2) is 6.20 Å². The first-order valence-electron chi connectivity index (χ1n) is 6.52. The molecule has 1 aliphatic rings. The average molecular weight is 277 g/mol. The van der Waals surface area contributed by atoms with Gasteiger partial charge in [-0.15, -0.1) is 0 Å². The van der Waals surface area contributed by atoms with Crippen LogP contribution in [0.1, 0.15) is 23.7 Å². The van der Waals surface area contributed by atoms with E-state index in [1.165, 1.54) is 4.90 Å². The van der Waals surface area contributed by atoms with Crippen LogP contribution in [-0.4, -0.2) is 41.4 Å². The number of rotatable bonds is 3. The molecule has 0 aromatic carbocycles. The van der Waals surface area contributed by atoms with Crippen LogP contribution in [-0.2, 0) is 16.1 Å². The Bertz CT molecular complexity index is 557. The molecule has 2 rings (SSSR count). The van der Waals surface area contributed by atoms with E-state index < -0.39 is 0 Å². The number of carbonyl (C=O) groups is 2. The van der Waals surface area contributed by atoms with Crippen molar-refractivity contribution >= 4 is 11.8 Å². The summed E-state index contributed by atoms with van der Waals surface area (Å²) in [5.41, 5.74) is 2.47. The van der Waals surface area contributed by atoms with Crippen molar-refractivity contribution < 1.29 is 14.3 Å². The van der Waals surface area contributed by atoms with Gasteiger partial charge in [0.15, 0.2) is 0 Å². The fourth-order valence-corrected chi connectivity index (χ4v) is 2.33. The van der Waals surface area contributed by atoms with Crippen molar-refractivity contribution in [3.63, 3.8) is 0 Å². The highest BCUT2D eigenvalue weighted by Gasteiger charge is 2.31. The molecule has 6 heteroatoms. The smallest absolute Gasteiger partial charge is 0.246 e. The topological polar surface area (TPSA) is 71.5 Å². The van der Waals surface area contributed by atoms with Gasteiger partial charge in [0, 0.05) is 17.3 Å². The Morgan fingerprint density at radius 1 is 1.45 bits per heavy atom. The highest BCUT2D eigenvalue weighted by Crippen LogP contribution is 2.25. The van der Waals surface area contributed by atoms with Gasteiger partial charge in [0.05, 0.1) is 31.9 Å². The zero-order valence-electron chi connectivity index (χ0n) is 12.2. The summed E-state index contributed by atoms with van der Waals surface area (Å²) in [6.45, 7) is 5.90. The molecule has 1 fully saturated rings. The largest absolute Gasteiger partial charge is 0.496 e. The highest BCUT2D eigenvalue weighted by atomic mass is 16.5. The van der Waals surface area contributed by atoms with Gasteiger partial charge in [-0.1, -0.05) is 0 Å². The number of piperazine rings is 1. The molecule has 0 saturated carbocycles. The van der Waals surface area contributed by atoms with Crippen LogP contribution in [0.4, 0.5) is 0 Å². The van der Waals surface area contributed by atoms with E-state index in [0.717, 1.165) is 16.9 Å². The number of nitrogens with one attached hydrogen (secondary N) is 1. The minimum atomic E-state index is -0.347. The second-order valence-corrected chi connectivity index (χ2v) is 4.97. The molecule has 1 unspecified atom stereocenters. The van der Waals surface area contributed by atoms with Crippen LogP contribution < -0.4 is 10.1 Å². The van der Waals surface area contributed by atoms with E-state index in [2.05, 4.69) is 10.3 Å². The van der Waals surface area contributed by atoms with Gasteiger partial charge >= 0.3 is 0 Å². The number of nitrogens with zero attached hydrogens (tertiary/aromatic N) is 2. The Hall–Kier alpha value is -1.95. The van der Waals surface area contributed by atoms with Crippen molar-refractivity contribution in [1.82, 2.24) is 15.2 Å². The maximum atomic E-state index is 12.1. The van der Waals surface area contributed by atoms with E-state index in [1.54, 1.807) is 20.2 Å². The summed E-state index contributed by atoms with van der Waals surface area (Å²) in [6.07, 6.45) is 1.70. The number of amides is 2. The van der Waals surface area contributed by atoms with Gasteiger partial charge in [0.2, 0.25) is 11.8 Å². The van der Waals surface area contributed by atoms with Crippen molar-refractivity contribution in [2.24, 2.45) is 0 Å². The number of aromatic nitrogens is 1. The predicted molar refractivity (Wildman–Crippen MR) is 73.3 cm³/mol. The fraction of sp³-hybridized carbons (Fsp3) is 0.500. The third kappa shape index (κ3) is 2.51. The van der Waals surface area contributed by atoms with Crippen LogP contribution in [0.5, 0.6) is 5.75 Å². The summed E-state index contributed by atoms with van der Waals surface area (Å²) in [4.78, 5) is 29.5.